The van der Waals surface area contributed by atoms with Gasteiger partial charge in [0.1, 0.15) is 0 Å². The van der Waals surface area contributed by atoms with Gasteiger partial charge >= 0.3 is 0 Å². The van der Waals surface area contributed by atoms with Crippen LogP contribution in [0.1, 0.15) is 23.2 Å². The van der Waals surface area contributed by atoms with Crippen molar-refractivity contribution in [2.24, 2.45) is 0 Å². The fraction of sp³-hybridized carbons (Fsp3) is 0.348. The van der Waals surface area contributed by atoms with Crippen molar-refractivity contribution in [3.05, 3.63) is 54.1 Å². The maximum absolute atomic E-state index is 12.8. The Morgan fingerprint density at radius 1 is 1.00 bits per heavy atom. The Balaban J connectivity index is 1.32. The molecule has 10 nitrogen and oxygen atoms in total. The fourth-order valence-corrected chi connectivity index (χ4v) is 5.31. The lowest BCUT2D eigenvalue weighted by molar-refractivity contribution is -0.117. The minimum atomic E-state index is -3.69. The monoisotopic (exact) mass is 486 g/mol. The predicted octanol–water partition coefficient (Wildman–Crippen LogP) is 1.20. The number of hydrogen-bond acceptors (Lipinski definition) is 6. The highest BCUT2D eigenvalue weighted by atomic mass is 32.2. The zero-order valence-corrected chi connectivity index (χ0v) is 19.3. The molecule has 3 amide bonds. The first-order valence-corrected chi connectivity index (χ1v) is 12.4. The molecule has 0 aliphatic carbocycles. The van der Waals surface area contributed by atoms with Gasteiger partial charge in [-0.15, -0.1) is 0 Å². The van der Waals surface area contributed by atoms with Crippen molar-refractivity contribution in [1.82, 2.24) is 9.62 Å². The molecule has 2 aromatic rings. The molecular formula is C23H26N4O6S. The van der Waals surface area contributed by atoms with Gasteiger partial charge in [0.25, 0.3) is 5.91 Å². The lowest BCUT2D eigenvalue weighted by atomic mass is 10.2. The molecule has 2 heterocycles. The molecule has 2 saturated heterocycles. The number of anilines is 2. The van der Waals surface area contributed by atoms with Crippen molar-refractivity contribution in [3.63, 3.8) is 0 Å². The van der Waals surface area contributed by atoms with Gasteiger partial charge < -0.3 is 20.3 Å². The Labute approximate surface area is 197 Å². The SMILES string of the molecule is O=C(CNC(=O)c1ccc(N2CCCC2=O)cc1)Nc1cccc(S(=O)(=O)N2CCOCC2)c1. The van der Waals surface area contributed by atoms with Crippen LogP contribution in [-0.2, 0) is 24.3 Å². The largest absolute Gasteiger partial charge is 0.379 e. The minimum absolute atomic E-state index is 0.0655. The number of sulfonamides is 1. The van der Waals surface area contributed by atoms with Crippen LogP contribution < -0.4 is 15.5 Å². The Morgan fingerprint density at radius 3 is 2.41 bits per heavy atom. The average Bonchev–Trinajstić information content (AvgIpc) is 3.29. The highest BCUT2D eigenvalue weighted by Gasteiger charge is 2.26. The second-order valence-electron chi connectivity index (χ2n) is 7.97. The van der Waals surface area contributed by atoms with Gasteiger partial charge in [0.2, 0.25) is 21.8 Å². The van der Waals surface area contributed by atoms with E-state index < -0.39 is 21.8 Å². The highest BCUT2D eigenvalue weighted by Crippen LogP contribution is 2.22. The van der Waals surface area contributed by atoms with Crippen LogP contribution in [0.25, 0.3) is 0 Å². The van der Waals surface area contributed by atoms with Gasteiger partial charge in [-0.2, -0.15) is 4.31 Å². The molecule has 0 bridgehead atoms. The summed E-state index contributed by atoms with van der Waals surface area (Å²) in [4.78, 5) is 38.3. The lowest BCUT2D eigenvalue weighted by Gasteiger charge is -2.26. The molecule has 180 valence electrons. The highest BCUT2D eigenvalue weighted by molar-refractivity contribution is 7.89. The van der Waals surface area contributed by atoms with Crippen molar-refractivity contribution in [3.8, 4) is 0 Å². The molecule has 0 spiro atoms. The zero-order chi connectivity index (χ0) is 24.1. The normalized spacial score (nSPS) is 16.9. The molecule has 2 aromatic carbocycles. The van der Waals surface area contributed by atoms with Gasteiger partial charge in [0.15, 0.2) is 0 Å². The van der Waals surface area contributed by atoms with Gasteiger partial charge in [-0.3, -0.25) is 14.4 Å². The Bertz CT molecular complexity index is 1180. The van der Waals surface area contributed by atoms with Crippen molar-refractivity contribution < 1.29 is 27.5 Å². The lowest BCUT2D eigenvalue weighted by Crippen LogP contribution is -2.40. The number of rotatable bonds is 7. The maximum Gasteiger partial charge on any atom is 0.251 e. The predicted molar refractivity (Wildman–Crippen MR) is 125 cm³/mol. The van der Waals surface area contributed by atoms with E-state index in [9.17, 15) is 22.8 Å². The molecule has 0 aromatic heterocycles. The number of carbonyl (C=O) groups is 3. The number of benzene rings is 2. The quantitative estimate of drug-likeness (QED) is 0.606. The summed E-state index contributed by atoms with van der Waals surface area (Å²) in [6.45, 7) is 1.62. The number of amides is 3. The Hall–Kier alpha value is -3.28. The molecule has 2 aliphatic heterocycles. The van der Waals surface area contributed by atoms with E-state index in [1.165, 1.54) is 16.4 Å². The van der Waals surface area contributed by atoms with Gasteiger partial charge in [-0.1, -0.05) is 6.07 Å². The smallest absolute Gasteiger partial charge is 0.251 e. The summed E-state index contributed by atoms with van der Waals surface area (Å²) in [5.41, 5.74) is 1.42. The first-order valence-electron chi connectivity index (χ1n) is 11.0. The van der Waals surface area contributed by atoms with Crippen LogP contribution in [0.4, 0.5) is 11.4 Å². The van der Waals surface area contributed by atoms with E-state index in [-0.39, 0.29) is 30.4 Å². The third-order valence-corrected chi connectivity index (χ3v) is 7.54. The van der Waals surface area contributed by atoms with E-state index in [1.807, 2.05) is 0 Å². The van der Waals surface area contributed by atoms with E-state index in [0.717, 1.165) is 12.1 Å². The van der Waals surface area contributed by atoms with E-state index in [1.54, 1.807) is 41.3 Å². The number of hydrogen-bond donors (Lipinski definition) is 2. The van der Waals surface area contributed by atoms with Crippen LogP contribution in [0.2, 0.25) is 0 Å². The van der Waals surface area contributed by atoms with Gasteiger partial charge in [-0.05, 0) is 48.9 Å². The van der Waals surface area contributed by atoms with E-state index in [4.69, 9.17) is 4.74 Å². The first-order chi connectivity index (χ1) is 16.3. The number of nitrogens with zero attached hydrogens (tertiary/aromatic N) is 2. The third-order valence-electron chi connectivity index (χ3n) is 5.65. The maximum atomic E-state index is 12.8. The van der Waals surface area contributed by atoms with Gasteiger partial charge in [0.05, 0.1) is 24.7 Å². The molecule has 2 aliphatic rings. The molecule has 34 heavy (non-hydrogen) atoms. The molecule has 0 atom stereocenters. The zero-order valence-electron chi connectivity index (χ0n) is 18.5. The second-order valence-corrected chi connectivity index (χ2v) is 9.91. The summed E-state index contributed by atoms with van der Waals surface area (Å²) in [5, 5.41) is 5.15. The number of carbonyl (C=O) groups excluding carboxylic acids is 3. The van der Waals surface area contributed by atoms with Crippen LogP contribution >= 0.6 is 0 Å². The molecule has 0 unspecified atom stereocenters. The number of nitrogens with one attached hydrogen (secondary N) is 2. The molecule has 11 heteroatoms. The van der Waals surface area contributed by atoms with Gasteiger partial charge in [0, 0.05) is 43.0 Å². The molecular weight excluding hydrogens is 460 g/mol. The molecule has 0 saturated carbocycles. The third kappa shape index (κ3) is 5.44. The molecule has 2 fully saturated rings. The van der Waals surface area contributed by atoms with E-state index >= 15 is 0 Å². The number of morpholine rings is 1. The van der Waals surface area contributed by atoms with Crippen molar-refractivity contribution >= 4 is 39.1 Å². The minimum Gasteiger partial charge on any atom is -0.379 e. The molecule has 0 radical (unpaired) electrons. The topological polar surface area (TPSA) is 125 Å². The summed E-state index contributed by atoms with van der Waals surface area (Å²) in [6, 6.07) is 12.6. The van der Waals surface area contributed by atoms with Crippen molar-refractivity contribution in [2.75, 3.05) is 49.6 Å². The van der Waals surface area contributed by atoms with Crippen molar-refractivity contribution in [2.45, 2.75) is 17.7 Å². The summed E-state index contributed by atoms with van der Waals surface area (Å²) < 4.78 is 32.2. The van der Waals surface area contributed by atoms with Crippen molar-refractivity contribution in [1.29, 1.82) is 0 Å². The summed E-state index contributed by atoms with van der Waals surface area (Å²) in [5.74, 6) is -0.859. The standard InChI is InChI=1S/C23H26N4O6S/c28-21(16-24-23(30)17-6-8-19(9-7-17)27-10-2-5-22(27)29)25-18-3-1-4-20(15-18)34(31,32)26-11-13-33-14-12-26/h1,3-4,6-9,15H,2,5,10-14,16H2,(H,24,30)(H,25,28). The Morgan fingerprint density at radius 2 is 1.74 bits per heavy atom. The Kier molecular flexibility index (Phi) is 7.25. The molecule has 4 rings (SSSR count). The summed E-state index contributed by atoms with van der Waals surface area (Å²) >= 11 is 0. The van der Waals surface area contributed by atoms with E-state index in [2.05, 4.69) is 10.6 Å². The molecule has 2 N–H and O–H groups in total. The van der Waals surface area contributed by atoms with Gasteiger partial charge in [-0.25, -0.2) is 8.42 Å². The summed E-state index contributed by atoms with van der Waals surface area (Å²) in [6.07, 6.45) is 1.34. The van der Waals surface area contributed by atoms with Crippen LogP contribution in [0.15, 0.2) is 53.4 Å². The summed E-state index contributed by atoms with van der Waals surface area (Å²) in [7, 11) is -3.69. The van der Waals surface area contributed by atoms with Crippen LogP contribution in [0.3, 0.4) is 0 Å². The average molecular weight is 487 g/mol. The van der Waals surface area contributed by atoms with Crippen LogP contribution in [0, 0.1) is 0 Å². The van der Waals surface area contributed by atoms with Crippen LogP contribution in [0.5, 0.6) is 0 Å². The number of ether oxygens (including phenoxy) is 1. The van der Waals surface area contributed by atoms with E-state index in [0.29, 0.717) is 37.4 Å². The second kappa shape index (κ2) is 10.3. The van der Waals surface area contributed by atoms with Crippen LogP contribution in [-0.4, -0.2) is 69.8 Å². The fourth-order valence-electron chi connectivity index (χ4n) is 3.85. The first kappa shape index (κ1) is 23.9.